The standard InChI is InChI=1S/C11H24IN3O/c1-13-8-11-9-15(6-7-16-11)5-3-4-14(2)10-12/h11,13H,3-10H2,1-2H3/t11-/m0/s1. The van der Waals surface area contributed by atoms with Gasteiger partial charge in [-0.3, -0.25) is 9.80 Å². The molecule has 1 heterocycles. The van der Waals surface area contributed by atoms with Gasteiger partial charge < -0.3 is 10.1 Å². The van der Waals surface area contributed by atoms with Crippen molar-refractivity contribution >= 4 is 22.6 Å². The summed E-state index contributed by atoms with van der Waals surface area (Å²) in [6.45, 7) is 6.41. The van der Waals surface area contributed by atoms with Crippen LogP contribution in [-0.2, 0) is 4.74 Å². The van der Waals surface area contributed by atoms with Gasteiger partial charge in [-0.1, -0.05) is 22.6 Å². The van der Waals surface area contributed by atoms with Crippen LogP contribution in [0.15, 0.2) is 0 Å². The van der Waals surface area contributed by atoms with Gasteiger partial charge in [0, 0.05) is 19.6 Å². The number of hydrogen-bond donors (Lipinski definition) is 1. The molecule has 0 radical (unpaired) electrons. The molecular weight excluding hydrogens is 317 g/mol. The summed E-state index contributed by atoms with van der Waals surface area (Å²) in [6, 6.07) is 0. The Morgan fingerprint density at radius 1 is 1.56 bits per heavy atom. The second kappa shape index (κ2) is 8.63. The van der Waals surface area contributed by atoms with Crippen LogP contribution in [0.1, 0.15) is 6.42 Å². The van der Waals surface area contributed by atoms with E-state index in [1.807, 2.05) is 7.05 Å². The van der Waals surface area contributed by atoms with Crippen molar-refractivity contribution in [2.24, 2.45) is 0 Å². The van der Waals surface area contributed by atoms with E-state index in [9.17, 15) is 0 Å². The van der Waals surface area contributed by atoms with Gasteiger partial charge in [0.2, 0.25) is 0 Å². The van der Waals surface area contributed by atoms with Crippen molar-refractivity contribution in [3.63, 3.8) is 0 Å². The van der Waals surface area contributed by atoms with Gasteiger partial charge in [-0.2, -0.15) is 0 Å². The third-order valence-corrected chi connectivity index (χ3v) is 4.04. The number of hydrogen-bond acceptors (Lipinski definition) is 4. The van der Waals surface area contributed by atoms with E-state index in [4.69, 9.17) is 4.74 Å². The number of nitrogens with one attached hydrogen (secondary N) is 1. The molecule has 1 aliphatic rings. The first-order valence-corrected chi connectivity index (χ1v) is 7.52. The summed E-state index contributed by atoms with van der Waals surface area (Å²) < 4.78 is 6.80. The number of likely N-dealkylation sites (N-methyl/N-ethyl adjacent to an activating group) is 1. The lowest BCUT2D eigenvalue weighted by molar-refractivity contribution is -0.0268. The van der Waals surface area contributed by atoms with E-state index < -0.39 is 0 Å². The minimum Gasteiger partial charge on any atom is -0.374 e. The van der Waals surface area contributed by atoms with Crippen LogP contribution < -0.4 is 5.32 Å². The first-order chi connectivity index (χ1) is 7.76. The zero-order valence-corrected chi connectivity index (χ0v) is 12.6. The molecule has 0 aromatic rings. The molecule has 1 rings (SSSR count). The Morgan fingerprint density at radius 3 is 3.06 bits per heavy atom. The lowest BCUT2D eigenvalue weighted by Gasteiger charge is -2.33. The van der Waals surface area contributed by atoms with Gasteiger partial charge in [-0.15, -0.1) is 0 Å². The summed E-state index contributed by atoms with van der Waals surface area (Å²) >= 11 is 2.41. The average Bonchev–Trinajstić information content (AvgIpc) is 2.30. The summed E-state index contributed by atoms with van der Waals surface area (Å²) in [5.74, 6) is 0. The molecule has 1 fully saturated rings. The van der Waals surface area contributed by atoms with Gasteiger partial charge in [-0.05, 0) is 33.6 Å². The minimum atomic E-state index is 0.376. The van der Waals surface area contributed by atoms with Crippen molar-refractivity contribution in [3.8, 4) is 0 Å². The molecule has 1 N–H and O–H groups in total. The molecule has 5 heteroatoms. The van der Waals surface area contributed by atoms with Crippen molar-refractivity contribution in [1.82, 2.24) is 15.1 Å². The second-order valence-electron chi connectivity index (χ2n) is 4.40. The van der Waals surface area contributed by atoms with Crippen LogP contribution in [0.4, 0.5) is 0 Å². The van der Waals surface area contributed by atoms with Crippen LogP contribution >= 0.6 is 22.6 Å². The van der Waals surface area contributed by atoms with E-state index in [-0.39, 0.29) is 0 Å². The fourth-order valence-corrected chi connectivity index (χ4v) is 2.30. The van der Waals surface area contributed by atoms with Gasteiger partial charge in [0.1, 0.15) is 0 Å². The monoisotopic (exact) mass is 341 g/mol. The molecular formula is C11H24IN3O. The molecule has 1 saturated heterocycles. The summed E-state index contributed by atoms with van der Waals surface area (Å²) in [5, 5.41) is 3.18. The van der Waals surface area contributed by atoms with Gasteiger partial charge >= 0.3 is 0 Å². The highest BCUT2D eigenvalue weighted by atomic mass is 127. The summed E-state index contributed by atoms with van der Waals surface area (Å²) in [5.41, 5.74) is 0. The van der Waals surface area contributed by atoms with Crippen LogP contribution in [-0.4, -0.2) is 73.9 Å². The molecule has 0 unspecified atom stereocenters. The van der Waals surface area contributed by atoms with Crippen molar-refractivity contribution in [2.75, 3.05) is 58.0 Å². The molecule has 0 spiro atoms. The molecule has 1 aliphatic heterocycles. The highest BCUT2D eigenvalue weighted by molar-refractivity contribution is 14.1. The van der Waals surface area contributed by atoms with Crippen LogP contribution in [0.3, 0.4) is 0 Å². The zero-order chi connectivity index (χ0) is 11.8. The van der Waals surface area contributed by atoms with E-state index >= 15 is 0 Å². The third-order valence-electron chi connectivity index (χ3n) is 2.87. The largest absolute Gasteiger partial charge is 0.374 e. The number of nitrogens with zero attached hydrogens (tertiary/aromatic N) is 2. The van der Waals surface area contributed by atoms with E-state index in [1.165, 1.54) is 19.5 Å². The van der Waals surface area contributed by atoms with Gasteiger partial charge in [0.15, 0.2) is 0 Å². The van der Waals surface area contributed by atoms with E-state index in [1.54, 1.807) is 0 Å². The van der Waals surface area contributed by atoms with E-state index in [0.29, 0.717) is 6.10 Å². The number of rotatable bonds is 7. The average molecular weight is 341 g/mol. The van der Waals surface area contributed by atoms with Crippen molar-refractivity contribution < 1.29 is 4.74 Å². The van der Waals surface area contributed by atoms with E-state index in [2.05, 4.69) is 44.8 Å². The fourth-order valence-electron chi connectivity index (χ4n) is 1.96. The van der Waals surface area contributed by atoms with Crippen LogP contribution in [0.25, 0.3) is 0 Å². The third kappa shape index (κ3) is 5.77. The predicted molar refractivity (Wildman–Crippen MR) is 76.2 cm³/mol. The maximum Gasteiger partial charge on any atom is 0.0826 e. The Labute approximate surface area is 113 Å². The molecule has 96 valence electrons. The van der Waals surface area contributed by atoms with Crippen molar-refractivity contribution in [3.05, 3.63) is 0 Å². The van der Waals surface area contributed by atoms with Crippen LogP contribution in [0.2, 0.25) is 0 Å². The topological polar surface area (TPSA) is 27.7 Å². The normalized spacial score (nSPS) is 22.9. The number of morpholine rings is 1. The number of ether oxygens (including phenoxy) is 1. The highest BCUT2D eigenvalue weighted by Gasteiger charge is 2.19. The molecule has 16 heavy (non-hydrogen) atoms. The van der Waals surface area contributed by atoms with Crippen LogP contribution in [0, 0.1) is 0 Å². The molecule has 0 saturated carbocycles. The SMILES string of the molecule is CNC[C@H]1CN(CCCN(C)CI)CCO1. The summed E-state index contributed by atoms with van der Waals surface area (Å²) in [7, 11) is 4.16. The second-order valence-corrected chi connectivity index (χ2v) is 5.09. The molecule has 4 nitrogen and oxygen atoms in total. The summed E-state index contributed by atoms with van der Waals surface area (Å²) in [4.78, 5) is 4.87. The molecule has 0 aromatic carbocycles. The number of alkyl halides is 1. The Hall–Kier alpha value is 0.570. The van der Waals surface area contributed by atoms with Crippen LogP contribution in [0.5, 0.6) is 0 Å². The molecule has 0 amide bonds. The lowest BCUT2D eigenvalue weighted by atomic mass is 10.2. The highest BCUT2D eigenvalue weighted by Crippen LogP contribution is 2.05. The quantitative estimate of drug-likeness (QED) is 0.418. The van der Waals surface area contributed by atoms with Gasteiger partial charge in [0.05, 0.1) is 17.3 Å². The first-order valence-electron chi connectivity index (χ1n) is 5.99. The minimum absolute atomic E-state index is 0.376. The smallest absolute Gasteiger partial charge is 0.0826 e. The zero-order valence-electron chi connectivity index (χ0n) is 10.4. The molecule has 0 bridgehead atoms. The summed E-state index contributed by atoms with van der Waals surface area (Å²) in [6.07, 6.45) is 1.63. The fraction of sp³-hybridized carbons (Fsp3) is 1.00. The maximum absolute atomic E-state index is 5.68. The Balaban J connectivity index is 2.11. The van der Waals surface area contributed by atoms with Gasteiger partial charge in [-0.25, -0.2) is 0 Å². The lowest BCUT2D eigenvalue weighted by Crippen LogP contribution is -2.46. The van der Waals surface area contributed by atoms with E-state index in [0.717, 1.165) is 30.8 Å². The van der Waals surface area contributed by atoms with Crippen molar-refractivity contribution in [1.29, 1.82) is 0 Å². The Bertz CT molecular complexity index is 181. The Kier molecular flexibility index (Phi) is 7.89. The number of halogens is 1. The van der Waals surface area contributed by atoms with Crippen molar-refractivity contribution in [2.45, 2.75) is 12.5 Å². The Morgan fingerprint density at radius 2 is 2.38 bits per heavy atom. The first kappa shape index (κ1) is 14.6. The molecule has 0 aliphatic carbocycles. The maximum atomic E-state index is 5.68. The predicted octanol–water partition coefficient (Wildman–Crippen LogP) is 0.621. The van der Waals surface area contributed by atoms with Gasteiger partial charge in [0.25, 0.3) is 0 Å². The molecule has 1 atom stereocenters. The molecule has 0 aromatic heterocycles.